The van der Waals surface area contributed by atoms with E-state index in [0.717, 1.165) is 0 Å². The molecule has 16 heavy (non-hydrogen) atoms. The molecule has 0 aromatic rings. The zero-order valence-corrected chi connectivity index (χ0v) is 11.7. The predicted octanol–water partition coefficient (Wildman–Crippen LogP) is 3.03. The van der Waals surface area contributed by atoms with Gasteiger partial charge in [0.2, 0.25) is 0 Å². The van der Waals surface area contributed by atoms with E-state index in [1.165, 1.54) is 51.7 Å². The summed E-state index contributed by atoms with van der Waals surface area (Å²) in [6, 6.07) is 0.713. The summed E-state index contributed by atoms with van der Waals surface area (Å²) >= 11 is 0. The lowest BCUT2D eigenvalue weighted by Crippen LogP contribution is -2.49. The molecule has 0 aromatic heterocycles. The molecule has 1 aliphatic heterocycles. The summed E-state index contributed by atoms with van der Waals surface area (Å²) in [6.45, 7) is 13.1. The van der Waals surface area contributed by atoms with Gasteiger partial charge in [-0.3, -0.25) is 4.90 Å². The second-order valence-electron chi connectivity index (χ2n) is 5.44. The van der Waals surface area contributed by atoms with Crippen LogP contribution in [0.4, 0.5) is 0 Å². The molecule has 2 nitrogen and oxygen atoms in total. The summed E-state index contributed by atoms with van der Waals surface area (Å²) in [5, 5.41) is 3.69. The summed E-state index contributed by atoms with van der Waals surface area (Å²) in [5.41, 5.74) is 0.415. The first-order valence-electron chi connectivity index (χ1n) is 7.14. The quantitative estimate of drug-likeness (QED) is 0.775. The van der Waals surface area contributed by atoms with Gasteiger partial charge in [-0.15, -0.1) is 0 Å². The molecule has 96 valence electrons. The van der Waals surface area contributed by atoms with Crippen LogP contribution in [0, 0.1) is 0 Å². The molecule has 1 saturated heterocycles. The van der Waals surface area contributed by atoms with E-state index in [2.05, 4.69) is 37.9 Å². The fraction of sp³-hybridized carbons (Fsp3) is 1.00. The topological polar surface area (TPSA) is 15.3 Å². The molecule has 1 fully saturated rings. The Labute approximate surface area is 102 Å². The third-order valence-electron chi connectivity index (χ3n) is 4.40. The fourth-order valence-corrected chi connectivity index (χ4v) is 2.73. The highest BCUT2D eigenvalue weighted by atomic mass is 15.2. The van der Waals surface area contributed by atoms with E-state index in [0.29, 0.717) is 11.6 Å². The molecule has 1 heterocycles. The molecule has 2 heteroatoms. The summed E-state index contributed by atoms with van der Waals surface area (Å²) in [6.07, 6.45) is 6.45. The van der Waals surface area contributed by atoms with Crippen molar-refractivity contribution in [3.8, 4) is 0 Å². The van der Waals surface area contributed by atoms with Gasteiger partial charge >= 0.3 is 0 Å². The third kappa shape index (κ3) is 3.46. The summed E-state index contributed by atoms with van der Waals surface area (Å²) in [4.78, 5) is 2.73. The Morgan fingerprint density at radius 1 is 1.25 bits per heavy atom. The molecular formula is C14H30N2. The first-order valence-corrected chi connectivity index (χ1v) is 7.14. The Hall–Kier alpha value is -0.0800. The molecule has 0 spiro atoms. The lowest BCUT2D eigenvalue weighted by molar-refractivity contribution is 0.0914. The standard InChI is InChI=1S/C14H30N2/c1-5-9-13-12-16(11-8-10-15-13)14(4,6-2)7-3/h13,15H,5-12H2,1-4H3. The first-order chi connectivity index (χ1) is 7.66. The van der Waals surface area contributed by atoms with Crippen LogP contribution in [0.5, 0.6) is 0 Å². The molecule has 0 radical (unpaired) electrons. The molecule has 0 aliphatic carbocycles. The average Bonchev–Trinajstić information content (AvgIpc) is 2.54. The number of hydrogen-bond donors (Lipinski definition) is 1. The normalized spacial score (nSPS) is 24.4. The van der Waals surface area contributed by atoms with E-state index in [9.17, 15) is 0 Å². The number of rotatable bonds is 5. The van der Waals surface area contributed by atoms with Gasteiger partial charge in [0.15, 0.2) is 0 Å². The van der Waals surface area contributed by atoms with E-state index in [1.807, 2.05) is 0 Å². The highest BCUT2D eigenvalue weighted by Crippen LogP contribution is 2.25. The van der Waals surface area contributed by atoms with Gasteiger partial charge in [0, 0.05) is 18.1 Å². The van der Waals surface area contributed by atoms with Crippen molar-refractivity contribution in [2.24, 2.45) is 0 Å². The lowest BCUT2D eigenvalue weighted by Gasteiger charge is -2.41. The zero-order valence-electron chi connectivity index (χ0n) is 11.7. The maximum atomic E-state index is 3.69. The Bertz CT molecular complexity index is 187. The minimum atomic E-state index is 0.415. The molecule has 1 aliphatic rings. The number of nitrogens with zero attached hydrogens (tertiary/aromatic N) is 1. The van der Waals surface area contributed by atoms with Crippen LogP contribution in [0.15, 0.2) is 0 Å². The minimum absolute atomic E-state index is 0.415. The third-order valence-corrected chi connectivity index (χ3v) is 4.40. The van der Waals surface area contributed by atoms with Crippen LogP contribution in [-0.2, 0) is 0 Å². The molecule has 0 bridgehead atoms. The lowest BCUT2D eigenvalue weighted by atomic mass is 9.92. The van der Waals surface area contributed by atoms with E-state index < -0.39 is 0 Å². The van der Waals surface area contributed by atoms with Gasteiger partial charge < -0.3 is 5.32 Å². The van der Waals surface area contributed by atoms with Gasteiger partial charge in [0.1, 0.15) is 0 Å². The largest absolute Gasteiger partial charge is 0.313 e. The molecule has 1 rings (SSSR count). The second-order valence-corrected chi connectivity index (χ2v) is 5.44. The van der Waals surface area contributed by atoms with Crippen LogP contribution in [0.3, 0.4) is 0 Å². The first kappa shape index (κ1) is 14.0. The molecule has 0 amide bonds. The second kappa shape index (κ2) is 6.61. The highest BCUT2D eigenvalue weighted by molar-refractivity contribution is 4.88. The number of nitrogens with one attached hydrogen (secondary N) is 1. The van der Waals surface area contributed by atoms with Gasteiger partial charge in [0.05, 0.1) is 0 Å². The maximum absolute atomic E-state index is 3.69. The van der Waals surface area contributed by atoms with Crippen LogP contribution < -0.4 is 5.32 Å². The molecule has 1 N–H and O–H groups in total. The van der Waals surface area contributed by atoms with Crippen molar-refractivity contribution in [2.45, 2.75) is 71.4 Å². The van der Waals surface area contributed by atoms with Crippen molar-refractivity contribution in [3.63, 3.8) is 0 Å². The van der Waals surface area contributed by atoms with E-state index >= 15 is 0 Å². The summed E-state index contributed by atoms with van der Waals surface area (Å²) in [7, 11) is 0. The number of hydrogen-bond acceptors (Lipinski definition) is 2. The average molecular weight is 226 g/mol. The van der Waals surface area contributed by atoms with Gasteiger partial charge in [-0.1, -0.05) is 27.2 Å². The van der Waals surface area contributed by atoms with Gasteiger partial charge in [-0.25, -0.2) is 0 Å². The Kier molecular flexibility index (Phi) is 5.77. The van der Waals surface area contributed by atoms with Crippen LogP contribution in [0.1, 0.15) is 59.8 Å². The smallest absolute Gasteiger partial charge is 0.0195 e. The SMILES string of the molecule is CCCC1CN(C(C)(CC)CC)CCCN1. The van der Waals surface area contributed by atoms with E-state index in [4.69, 9.17) is 0 Å². The highest BCUT2D eigenvalue weighted by Gasteiger charge is 2.30. The van der Waals surface area contributed by atoms with E-state index in [-0.39, 0.29) is 0 Å². The van der Waals surface area contributed by atoms with Crippen molar-refractivity contribution in [1.29, 1.82) is 0 Å². The zero-order chi connectivity index (χ0) is 12.0. The van der Waals surface area contributed by atoms with Crippen LogP contribution in [-0.4, -0.2) is 36.1 Å². The van der Waals surface area contributed by atoms with Crippen LogP contribution >= 0.6 is 0 Å². The van der Waals surface area contributed by atoms with Crippen molar-refractivity contribution in [1.82, 2.24) is 10.2 Å². The van der Waals surface area contributed by atoms with E-state index in [1.54, 1.807) is 0 Å². The maximum Gasteiger partial charge on any atom is 0.0195 e. The molecule has 1 atom stereocenters. The predicted molar refractivity (Wildman–Crippen MR) is 71.9 cm³/mol. The fourth-order valence-electron chi connectivity index (χ4n) is 2.73. The summed E-state index contributed by atoms with van der Waals surface area (Å²) in [5.74, 6) is 0. The monoisotopic (exact) mass is 226 g/mol. The minimum Gasteiger partial charge on any atom is -0.313 e. The molecule has 0 saturated carbocycles. The van der Waals surface area contributed by atoms with Crippen molar-refractivity contribution < 1.29 is 0 Å². The molecular weight excluding hydrogens is 196 g/mol. The Morgan fingerprint density at radius 2 is 1.94 bits per heavy atom. The van der Waals surface area contributed by atoms with Crippen LogP contribution in [0.25, 0.3) is 0 Å². The van der Waals surface area contributed by atoms with Crippen molar-refractivity contribution >= 4 is 0 Å². The van der Waals surface area contributed by atoms with Gasteiger partial charge in [0.25, 0.3) is 0 Å². The molecule has 0 aromatic carbocycles. The van der Waals surface area contributed by atoms with Gasteiger partial charge in [-0.2, -0.15) is 0 Å². The summed E-state index contributed by atoms with van der Waals surface area (Å²) < 4.78 is 0. The Morgan fingerprint density at radius 3 is 2.50 bits per heavy atom. The van der Waals surface area contributed by atoms with Crippen LogP contribution in [0.2, 0.25) is 0 Å². The molecule has 1 unspecified atom stereocenters. The van der Waals surface area contributed by atoms with Crippen molar-refractivity contribution in [3.05, 3.63) is 0 Å². The van der Waals surface area contributed by atoms with Crippen molar-refractivity contribution in [2.75, 3.05) is 19.6 Å². The Balaban J connectivity index is 2.63. The van der Waals surface area contributed by atoms with Gasteiger partial charge in [-0.05, 0) is 45.7 Å².